The van der Waals surface area contributed by atoms with Crippen molar-refractivity contribution >= 4 is 11.8 Å². The highest BCUT2D eigenvalue weighted by Gasteiger charge is 2.47. The Balaban J connectivity index is 1.69. The Kier molecular flexibility index (Phi) is 6.96. The highest BCUT2D eigenvalue weighted by molar-refractivity contribution is 5.99. The van der Waals surface area contributed by atoms with Crippen molar-refractivity contribution < 1.29 is 20.0 Å². The lowest BCUT2D eigenvalue weighted by Gasteiger charge is -2.50. The first-order valence-electron chi connectivity index (χ1n) is 12.1. The SMILES string of the molecule is CC1(C)CC(NC(=O)c2cccc(C(=O)NC3CC(C)(C)N([O])C(C)(C)C3)c2)CC(C)(C)N1[O]. The molecule has 2 saturated heterocycles. The number of hydrogen-bond acceptors (Lipinski definition) is 4. The fourth-order valence-electron chi connectivity index (χ4n) is 6.07. The molecule has 8 heteroatoms. The number of hydroxylamine groups is 4. The quantitative estimate of drug-likeness (QED) is 0.694. The Morgan fingerprint density at radius 2 is 0.971 bits per heavy atom. The van der Waals surface area contributed by atoms with Gasteiger partial charge in [0.2, 0.25) is 0 Å². The molecule has 2 fully saturated rings. The fourth-order valence-corrected chi connectivity index (χ4v) is 6.07. The molecule has 2 heterocycles. The highest BCUT2D eigenvalue weighted by Crippen LogP contribution is 2.38. The van der Waals surface area contributed by atoms with Crippen molar-refractivity contribution in [1.82, 2.24) is 20.8 Å². The molecule has 0 bridgehead atoms. The minimum atomic E-state index is -0.581. The first kappa shape index (κ1) is 26.6. The van der Waals surface area contributed by atoms with E-state index >= 15 is 0 Å². The summed E-state index contributed by atoms with van der Waals surface area (Å²) < 4.78 is 0. The second-order valence-corrected chi connectivity index (χ2v) is 12.6. The molecule has 0 saturated carbocycles. The van der Waals surface area contributed by atoms with Crippen LogP contribution < -0.4 is 10.6 Å². The normalized spacial score (nSPS) is 25.0. The van der Waals surface area contributed by atoms with Crippen LogP contribution in [0.1, 0.15) is 102 Å². The van der Waals surface area contributed by atoms with Crippen molar-refractivity contribution in [2.24, 2.45) is 0 Å². The van der Waals surface area contributed by atoms with E-state index in [1.807, 2.05) is 55.4 Å². The topological polar surface area (TPSA) is 104 Å². The van der Waals surface area contributed by atoms with Gasteiger partial charge in [0.15, 0.2) is 0 Å². The predicted octanol–water partition coefficient (Wildman–Crippen LogP) is 3.88. The summed E-state index contributed by atoms with van der Waals surface area (Å²) in [6.07, 6.45) is 2.21. The molecule has 0 spiro atoms. The third-order valence-electron chi connectivity index (χ3n) is 7.24. The van der Waals surface area contributed by atoms with Gasteiger partial charge in [-0.2, -0.15) is 0 Å². The highest BCUT2D eigenvalue weighted by atomic mass is 16.5. The van der Waals surface area contributed by atoms with Crippen LogP contribution in [0, 0.1) is 0 Å². The van der Waals surface area contributed by atoms with Crippen molar-refractivity contribution in [3.63, 3.8) is 0 Å². The van der Waals surface area contributed by atoms with E-state index in [1.165, 1.54) is 0 Å². The third-order valence-corrected chi connectivity index (χ3v) is 7.24. The molecule has 1 aromatic rings. The fraction of sp³-hybridized carbons (Fsp3) is 0.692. The van der Waals surface area contributed by atoms with Crippen LogP contribution >= 0.6 is 0 Å². The molecule has 2 amide bonds. The molecule has 2 N–H and O–H groups in total. The summed E-state index contributed by atoms with van der Waals surface area (Å²) in [7, 11) is 0. The van der Waals surface area contributed by atoms with Crippen LogP contribution in [0.3, 0.4) is 0 Å². The maximum Gasteiger partial charge on any atom is 0.251 e. The second-order valence-electron chi connectivity index (χ2n) is 12.6. The monoisotopic (exact) mass is 472 g/mol. The number of rotatable bonds is 4. The first-order valence-corrected chi connectivity index (χ1v) is 12.1. The number of hydrogen-bond donors (Lipinski definition) is 2. The number of carbonyl (C=O) groups is 2. The van der Waals surface area contributed by atoms with E-state index in [0.29, 0.717) is 36.8 Å². The molecule has 0 aromatic heterocycles. The molecule has 3 rings (SSSR count). The smallest absolute Gasteiger partial charge is 0.251 e. The Morgan fingerprint density at radius 3 is 1.26 bits per heavy atom. The maximum absolute atomic E-state index is 13.0. The zero-order chi connectivity index (χ0) is 25.7. The molecule has 0 unspecified atom stereocenters. The zero-order valence-electron chi connectivity index (χ0n) is 21.8. The molecule has 188 valence electrons. The molecule has 2 aliphatic heterocycles. The summed E-state index contributed by atoms with van der Waals surface area (Å²) in [5.74, 6) is -0.514. The Hall–Kier alpha value is -2.00. The van der Waals surface area contributed by atoms with Gasteiger partial charge in [0.1, 0.15) is 0 Å². The molecular formula is C26H40N4O4. The van der Waals surface area contributed by atoms with Crippen LogP contribution in [0.5, 0.6) is 0 Å². The summed E-state index contributed by atoms with van der Waals surface area (Å²) in [6, 6.07) is 6.40. The molecule has 34 heavy (non-hydrogen) atoms. The average molecular weight is 473 g/mol. The van der Waals surface area contributed by atoms with Gasteiger partial charge in [0.25, 0.3) is 11.8 Å². The molecule has 0 aliphatic carbocycles. The predicted molar refractivity (Wildman–Crippen MR) is 129 cm³/mol. The lowest BCUT2D eigenvalue weighted by Crippen LogP contribution is -2.62. The van der Waals surface area contributed by atoms with E-state index in [-0.39, 0.29) is 23.9 Å². The standard InChI is InChI=1S/C26H40N4O4/c1-23(2)13-19(14-24(3,4)29(23)33)27-21(31)17-10-9-11-18(12-17)22(32)28-20-15-25(5,6)30(34)26(7,8)16-20/h9-12,19-20H,13-16H2,1-8H3,(H,27,31)(H,28,32). The number of carbonyl (C=O) groups excluding carboxylic acids is 2. The number of nitrogens with one attached hydrogen (secondary N) is 2. The van der Waals surface area contributed by atoms with Crippen molar-refractivity contribution in [1.29, 1.82) is 0 Å². The lowest BCUT2D eigenvalue weighted by atomic mass is 9.79. The molecule has 2 radical (unpaired) electrons. The van der Waals surface area contributed by atoms with Crippen LogP contribution in [0.2, 0.25) is 0 Å². The molecule has 0 atom stereocenters. The van der Waals surface area contributed by atoms with Crippen molar-refractivity contribution in [2.45, 2.75) is 115 Å². The molecule has 2 aliphatic rings. The van der Waals surface area contributed by atoms with Gasteiger partial charge in [-0.05, 0) is 99.3 Å². The zero-order valence-corrected chi connectivity index (χ0v) is 21.8. The minimum Gasteiger partial charge on any atom is -0.349 e. The van der Waals surface area contributed by atoms with E-state index in [4.69, 9.17) is 0 Å². The van der Waals surface area contributed by atoms with Gasteiger partial charge < -0.3 is 10.6 Å². The van der Waals surface area contributed by atoms with Gasteiger partial charge >= 0.3 is 0 Å². The summed E-state index contributed by atoms with van der Waals surface area (Å²) >= 11 is 0. The van der Waals surface area contributed by atoms with E-state index in [9.17, 15) is 20.0 Å². The number of benzene rings is 1. The molecule has 8 nitrogen and oxygen atoms in total. The summed E-state index contributed by atoms with van der Waals surface area (Å²) in [4.78, 5) is 26.0. The number of nitrogens with zero attached hydrogens (tertiary/aromatic N) is 2. The molecular weight excluding hydrogens is 432 g/mol. The number of amides is 2. The lowest BCUT2D eigenvalue weighted by molar-refractivity contribution is -0.289. The van der Waals surface area contributed by atoms with Crippen molar-refractivity contribution in [3.05, 3.63) is 35.4 Å². The van der Waals surface area contributed by atoms with Gasteiger partial charge in [-0.25, -0.2) is 0 Å². The van der Waals surface area contributed by atoms with Crippen molar-refractivity contribution in [3.8, 4) is 0 Å². The van der Waals surface area contributed by atoms with Crippen molar-refractivity contribution in [2.75, 3.05) is 0 Å². The largest absolute Gasteiger partial charge is 0.349 e. The Labute approximate surface area is 203 Å². The van der Waals surface area contributed by atoms with E-state index < -0.39 is 22.2 Å². The van der Waals surface area contributed by atoms with Gasteiger partial charge in [0.05, 0.1) is 0 Å². The van der Waals surface area contributed by atoms with E-state index in [1.54, 1.807) is 24.3 Å². The second kappa shape index (κ2) is 8.90. The van der Waals surface area contributed by atoms with E-state index in [2.05, 4.69) is 10.6 Å². The molecule has 1 aromatic carbocycles. The summed E-state index contributed by atoms with van der Waals surface area (Å²) in [5.41, 5.74) is -1.51. The minimum absolute atomic E-state index is 0.137. The summed E-state index contributed by atoms with van der Waals surface area (Å²) in [5, 5.41) is 33.6. The maximum atomic E-state index is 13.0. The summed E-state index contributed by atoms with van der Waals surface area (Å²) in [6.45, 7) is 15.2. The van der Waals surface area contributed by atoms with E-state index in [0.717, 1.165) is 10.1 Å². The van der Waals surface area contributed by atoms with Crippen LogP contribution in [-0.4, -0.2) is 56.2 Å². The van der Waals surface area contributed by atoms with Gasteiger partial charge in [-0.15, -0.1) is 20.5 Å². The number of piperidine rings is 2. The first-order chi connectivity index (χ1) is 15.4. The van der Waals surface area contributed by atoms with Crippen LogP contribution in [-0.2, 0) is 10.4 Å². The van der Waals surface area contributed by atoms with Crippen LogP contribution in [0.4, 0.5) is 0 Å². The van der Waals surface area contributed by atoms with Crippen LogP contribution in [0.25, 0.3) is 0 Å². The third kappa shape index (κ3) is 5.46. The Morgan fingerprint density at radius 1 is 0.676 bits per heavy atom. The van der Waals surface area contributed by atoms with Gasteiger partial charge in [-0.3, -0.25) is 9.59 Å². The van der Waals surface area contributed by atoms with Gasteiger partial charge in [-0.1, -0.05) is 6.07 Å². The average Bonchev–Trinajstić information content (AvgIpc) is 2.69. The van der Waals surface area contributed by atoms with Gasteiger partial charge in [0, 0.05) is 45.4 Å². The van der Waals surface area contributed by atoms with Crippen LogP contribution in [0.15, 0.2) is 24.3 Å². The Bertz CT molecular complexity index is 833.